The monoisotopic (exact) mass is 460 g/mol. The number of nitrogens with zero attached hydrogens (tertiary/aromatic N) is 3. The van der Waals surface area contributed by atoms with Gasteiger partial charge in [-0.15, -0.1) is 0 Å². The van der Waals surface area contributed by atoms with E-state index in [2.05, 4.69) is 14.8 Å². The van der Waals surface area contributed by atoms with Crippen LogP contribution in [0.5, 0.6) is 0 Å². The highest BCUT2D eigenvalue weighted by Gasteiger charge is 2.39. The molecule has 0 spiro atoms. The van der Waals surface area contributed by atoms with Gasteiger partial charge in [-0.2, -0.15) is 5.10 Å². The molecule has 1 aliphatic carbocycles. The maximum Gasteiger partial charge on any atom is 0.242 e. The molecule has 0 aliphatic heterocycles. The van der Waals surface area contributed by atoms with Crippen LogP contribution in [-0.2, 0) is 15.6 Å². The zero-order valence-corrected chi connectivity index (χ0v) is 19.2. The van der Waals surface area contributed by atoms with E-state index in [0.717, 1.165) is 31.0 Å². The predicted octanol–water partition coefficient (Wildman–Crippen LogP) is 4.72. The van der Waals surface area contributed by atoms with Crippen LogP contribution in [0.1, 0.15) is 50.9 Å². The van der Waals surface area contributed by atoms with Gasteiger partial charge in [0.15, 0.2) is 0 Å². The Bertz CT molecular complexity index is 1240. The smallest absolute Gasteiger partial charge is 0.242 e. The predicted molar refractivity (Wildman–Crippen MR) is 117 cm³/mol. The molecule has 1 aromatic carbocycles. The minimum atomic E-state index is -3.89. The molecule has 0 bridgehead atoms. The number of nitrogens with one attached hydrogen (secondary N) is 1. The van der Waals surface area contributed by atoms with Crippen molar-refractivity contribution in [1.29, 1.82) is 0 Å². The van der Waals surface area contributed by atoms with E-state index < -0.39 is 33.2 Å². The fraction of sp³-hybridized carbons (Fsp3) is 0.391. The van der Waals surface area contributed by atoms with E-state index in [1.807, 2.05) is 20.8 Å². The van der Waals surface area contributed by atoms with Crippen LogP contribution in [-0.4, -0.2) is 23.2 Å². The number of benzene rings is 1. The van der Waals surface area contributed by atoms with Gasteiger partial charge in [0.1, 0.15) is 16.5 Å². The summed E-state index contributed by atoms with van der Waals surface area (Å²) in [6, 6.07) is 5.76. The maximum atomic E-state index is 14.8. The summed E-state index contributed by atoms with van der Waals surface area (Å²) in [7, 11) is -3.89. The number of hydrogen-bond donors (Lipinski definition) is 1. The molecular weight excluding hydrogens is 434 g/mol. The summed E-state index contributed by atoms with van der Waals surface area (Å²) in [5.74, 6) is -1.14. The summed E-state index contributed by atoms with van der Waals surface area (Å²) >= 11 is 0. The quantitative estimate of drug-likeness (QED) is 0.578. The van der Waals surface area contributed by atoms with Gasteiger partial charge < -0.3 is 0 Å². The summed E-state index contributed by atoms with van der Waals surface area (Å²) in [6.07, 6.45) is 4.52. The van der Waals surface area contributed by atoms with Crippen LogP contribution in [0.3, 0.4) is 0 Å². The molecular formula is C23H26F2N4O2S. The van der Waals surface area contributed by atoms with Gasteiger partial charge in [0.2, 0.25) is 10.0 Å². The first kappa shape index (κ1) is 22.5. The molecule has 1 fully saturated rings. The van der Waals surface area contributed by atoms with Gasteiger partial charge in [-0.3, -0.25) is 9.67 Å². The second kappa shape index (κ2) is 8.04. The van der Waals surface area contributed by atoms with Crippen molar-refractivity contribution in [2.75, 3.05) is 0 Å². The Balaban J connectivity index is 1.84. The molecule has 32 heavy (non-hydrogen) atoms. The van der Waals surface area contributed by atoms with Crippen LogP contribution in [0.25, 0.3) is 11.3 Å². The number of pyridine rings is 1. The van der Waals surface area contributed by atoms with Gasteiger partial charge in [-0.05, 0) is 76.8 Å². The van der Waals surface area contributed by atoms with Crippen LogP contribution in [0.2, 0.25) is 0 Å². The Morgan fingerprint density at radius 3 is 2.44 bits per heavy atom. The lowest BCUT2D eigenvalue weighted by Gasteiger charge is -2.25. The van der Waals surface area contributed by atoms with Crippen molar-refractivity contribution in [2.45, 2.75) is 57.0 Å². The Kier molecular flexibility index (Phi) is 5.67. The van der Waals surface area contributed by atoms with Gasteiger partial charge in [-0.25, -0.2) is 21.9 Å². The van der Waals surface area contributed by atoms with Gasteiger partial charge in [-0.1, -0.05) is 0 Å². The van der Waals surface area contributed by atoms with Crippen molar-refractivity contribution in [2.24, 2.45) is 5.92 Å². The SMILES string of the molecule is Cc1ccc(S(=O)(=O)NC(c2cnn(C(C)(C)C)c2-c2cc(F)ccc2F)C2CC2)cn1. The van der Waals surface area contributed by atoms with Crippen LogP contribution < -0.4 is 4.72 Å². The van der Waals surface area contributed by atoms with Crippen molar-refractivity contribution in [3.63, 3.8) is 0 Å². The number of halogens is 2. The van der Waals surface area contributed by atoms with Crippen LogP contribution >= 0.6 is 0 Å². The fourth-order valence-corrected chi connectivity index (χ4v) is 4.97. The highest BCUT2D eigenvalue weighted by atomic mass is 32.2. The highest BCUT2D eigenvalue weighted by Crippen LogP contribution is 2.45. The number of aromatic nitrogens is 3. The van der Waals surface area contributed by atoms with Crippen LogP contribution in [0.15, 0.2) is 47.6 Å². The lowest BCUT2D eigenvalue weighted by Crippen LogP contribution is -2.31. The van der Waals surface area contributed by atoms with Gasteiger partial charge in [0, 0.05) is 23.0 Å². The summed E-state index contributed by atoms with van der Waals surface area (Å²) < 4.78 is 59.6. The molecule has 4 rings (SSSR count). The number of hydrogen-bond acceptors (Lipinski definition) is 4. The summed E-state index contributed by atoms with van der Waals surface area (Å²) in [4.78, 5) is 4.13. The van der Waals surface area contributed by atoms with Gasteiger partial charge in [0.05, 0.1) is 23.5 Å². The first-order valence-electron chi connectivity index (χ1n) is 10.5. The molecule has 1 aliphatic rings. The van der Waals surface area contributed by atoms with E-state index >= 15 is 0 Å². The molecule has 1 atom stereocenters. The first-order chi connectivity index (χ1) is 15.0. The molecule has 170 valence electrons. The average molecular weight is 461 g/mol. The lowest BCUT2D eigenvalue weighted by molar-refractivity contribution is 0.359. The second-order valence-electron chi connectivity index (χ2n) is 9.23. The molecule has 1 unspecified atom stereocenters. The van der Waals surface area contributed by atoms with Crippen LogP contribution in [0, 0.1) is 24.5 Å². The van der Waals surface area contributed by atoms with Crippen molar-refractivity contribution >= 4 is 10.0 Å². The maximum absolute atomic E-state index is 14.8. The Morgan fingerprint density at radius 2 is 1.84 bits per heavy atom. The zero-order chi connectivity index (χ0) is 23.3. The molecule has 9 heteroatoms. The molecule has 1 N–H and O–H groups in total. The molecule has 0 amide bonds. The molecule has 6 nitrogen and oxygen atoms in total. The number of sulfonamides is 1. The molecule has 0 radical (unpaired) electrons. The number of rotatable bonds is 6. The minimum Gasteiger partial charge on any atom is -0.260 e. The van der Waals surface area contributed by atoms with Gasteiger partial charge in [0.25, 0.3) is 0 Å². The van der Waals surface area contributed by atoms with E-state index in [4.69, 9.17) is 0 Å². The third-order valence-electron chi connectivity index (χ3n) is 5.52. The van der Waals surface area contributed by atoms with Crippen molar-refractivity contribution in [3.8, 4) is 11.3 Å². The summed E-state index contributed by atoms with van der Waals surface area (Å²) in [5, 5.41) is 4.46. The van der Waals surface area contributed by atoms with E-state index in [-0.39, 0.29) is 16.4 Å². The molecule has 0 saturated heterocycles. The molecule has 2 aromatic heterocycles. The Morgan fingerprint density at radius 1 is 1.12 bits per heavy atom. The molecule has 2 heterocycles. The van der Waals surface area contributed by atoms with E-state index in [1.165, 1.54) is 12.3 Å². The third-order valence-corrected chi connectivity index (χ3v) is 6.95. The first-order valence-corrected chi connectivity index (χ1v) is 11.9. The molecule has 1 saturated carbocycles. The van der Waals surface area contributed by atoms with Crippen molar-refractivity contribution in [1.82, 2.24) is 19.5 Å². The standard InChI is InChI=1S/C23H26F2N4O2S/c1-14-5-9-17(12-26-14)32(30,31)28-21(15-6-7-15)19-13-27-29(23(2,3)4)22(19)18-11-16(24)8-10-20(18)25/h5,8-13,15,21,28H,6-7H2,1-4H3. The van der Waals surface area contributed by atoms with E-state index in [1.54, 1.807) is 23.9 Å². The third kappa shape index (κ3) is 4.45. The largest absolute Gasteiger partial charge is 0.260 e. The highest BCUT2D eigenvalue weighted by molar-refractivity contribution is 7.89. The summed E-state index contributed by atoms with van der Waals surface area (Å²) in [6.45, 7) is 7.48. The molecule has 3 aromatic rings. The summed E-state index contributed by atoms with van der Waals surface area (Å²) in [5.41, 5.74) is 1.11. The Hall–Kier alpha value is -2.65. The number of aryl methyl sites for hydroxylation is 1. The Labute approximate surface area is 186 Å². The topological polar surface area (TPSA) is 76.9 Å². The zero-order valence-electron chi connectivity index (χ0n) is 18.4. The van der Waals surface area contributed by atoms with Crippen molar-refractivity contribution in [3.05, 3.63) is 65.6 Å². The fourth-order valence-electron chi connectivity index (χ4n) is 3.74. The van der Waals surface area contributed by atoms with Gasteiger partial charge >= 0.3 is 0 Å². The second-order valence-corrected chi connectivity index (χ2v) is 10.9. The van der Waals surface area contributed by atoms with Crippen LogP contribution in [0.4, 0.5) is 8.78 Å². The normalized spacial score (nSPS) is 15.7. The minimum absolute atomic E-state index is 0.0381. The average Bonchev–Trinajstić information content (AvgIpc) is 3.45. The van der Waals surface area contributed by atoms with E-state index in [0.29, 0.717) is 17.0 Å². The van der Waals surface area contributed by atoms with Crippen molar-refractivity contribution < 1.29 is 17.2 Å². The lowest BCUT2D eigenvalue weighted by atomic mass is 9.97. The van der Waals surface area contributed by atoms with E-state index in [9.17, 15) is 17.2 Å².